The van der Waals surface area contributed by atoms with Crippen molar-refractivity contribution in [3.8, 4) is 23.0 Å². The summed E-state index contributed by atoms with van der Waals surface area (Å²) in [7, 11) is 1.39. The predicted octanol–water partition coefficient (Wildman–Crippen LogP) is 4.87. The van der Waals surface area contributed by atoms with Gasteiger partial charge in [0.1, 0.15) is 11.6 Å². The van der Waals surface area contributed by atoms with Gasteiger partial charge < -0.3 is 0 Å². The van der Waals surface area contributed by atoms with Crippen LogP contribution in [0.2, 0.25) is 0 Å². The van der Waals surface area contributed by atoms with E-state index in [1.54, 1.807) is 29.4 Å². The zero-order valence-electron chi connectivity index (χ0n) is 18.6. The van der Waals surface area contributed by atoms with Crippen molar-refractivity contribution in [1.29, 1.82) is 5.26 Å². The van der Waals surface area contributed by atoms with Crippen molar-refractivity contribution in [3.63, 3.8) is 0 Å². The summed E-state index contributed by atoms with van der Waals surface area (Å²) in [5.74, 6) is -0.0356. The number of aromatic nitrogens is 2. The Morgan fingerprint density at radius 3 is 2.39 bits per heavy atom. The second-order valence-corrected chi connectivity index (χ2v) is 8.85. The van der Waals surface area contributed by atoms with E-state index in [1.807, 2.05) is 54.7 Å². The Morgan fingerprint density at radius 2 is 1.76 bits per heavy atom. The Kier molecular flexibility index (Phi) is 6.29. The van der Waals surface area contributed by atoms with E-state index in [2.05, 4.69) is 19.1 Å². The lowest BCUT2D eigenvalue weighted by molar-refractivity contribution is -0.138. The van der Waals surface area contributed by atoms with Gasteiger partial charge in [0.05, 0.1) is 11.4 Å². The van der Waals surface area contributed by atoms with Crippen LogP contribution in [0.4, 0.5) is 0 Å². The molecule has 164 valence electrons. The highest BCUT2D eigenvalue weighted by Gasteiger charge is 2.33. The van der Waals surface area contributed by atoms with E-state index >= 15 is 0 Å². The normalized spacial score (nSPS) is 15.3. The minimum absolute atomic E-state index is 0.0266. The molecule has 0 bridgehead atoms. The van der Waals surface area contributed by atoms with Crippen molar-refractivity contribution >= 4 is 29.7 Å². The molecule has 2 amide bonds. The molecule has 1 aliphatic heterocycles. The summed E-state index contributed by atoms with van der Waals surface area (Å²) in [6.07, 6.45) is 3.57. The molecular weight excluding hydrogens is 432 g/mol. The van der Waals surface area contributed by atoms with Gasteiger partial charge in [0.25, 0.3) is 11.8 Å². The Hall–Kier alpha value is -3.89. The van der Waals surface area contributed by atoms with Gasteiger partial charge in [-0.15, -0.1) is 11.8 Å². The minimum atomic E-state index is -0.582. The van der Waals surface area contributed by atoms with E-state index in [9.17, 15) is 14.9 Å². The molecule has 3 aromatic rings. The lowest BCUT2D eigenvalue weighted by atomic mass is 9.93. The number of hydrogen-bond acceptors (Lipinski definition) is 5. The van der Waals surface area contributed by atoms with E-state index in [1.165, 1.54) is 11.9 Å². The highest BCUT2D eigenvalue weighted by molar-refractivity contribution is 7.99. The third kappa shape index (κ3) is 4.26. The first-order valence-corrected chi connectivity index (χ1v) is 11.5. The molecule has 2 aromatic carbocycles. The molecule has 4 rings (SSSR count). The third-order valence-corrected chi connectivity index (χ3v) is 6.34. The fourth-order valence-electron chi connectivity index (χ4n) is 3.66. The van der Waals surface area contributed by atoms with Crippen LogP contribution in [0.1, 0.15) is 19.4 Å². The molecule has 0 saturated heterocycles. The van der Waals surface area contributed by atoms with Gasteiger partial charge in [0, 0.05) is 34.8 Å². The molecule has 0 radical (unpaired) electrons. The summed E-state index contributed by atoms with van der Waals surface area (Å²) in [6.45, 7) is 3.74. The lowest BCUT2D eigenvalue weighted by Crippen LogP contribution is -2.39. The number of amides is 2. The number of nitrogens with zero attached hydrogens (tertiary/aromatic N) is 4. The van der Waals surface area contributed by atoms with Crippen molar-refractivity contribution in [3.05, 3.63) is 83.1 Å². The number of hydrogen-bond donors (Lipinski definition) is 0. The number of carbonyl (C=O) groups excluding carboxylic acids is 2. The zero-order chi connectivity index (χ0) is 23.5. The van der Waals surface area contributed by atoms with Gasteiger partial charge in [-0.05, 0) is 48.6 Å². The van der Waals surface area contributed by atoms with Crippen LogP contribution in [-0.4, -0.2) is 39.3 Å². The number of likely N-dealkylation sites (N-methyl/N-ethyl adjacent to an activating group) is 1. The van der Waals surface area contributed by atoms with E-state index in [0.29, 0.717) is 16.8 Å². The molecule has 0 unspecified atom stereocenters. The third-order valence-electron chi connectivity index (χ3n) is 5.45. The predicted molar refractivity (Wildman–Crippen MR) is 129 cm³/mol. The fraction of sp³-hybridized carbons (Fsp3) is 0.154. The highest BCUT2D eigenvalue weighted by Crippen LogP contribution is 2.31. The van der Waals surface area contributed by atoms with E-state index < -0.39 is 11.8 Å². The summed E-state index contributed by atoms with van der Waals surface area (Å²) in [5.41, 5.74) is 3.87. The van der Waals surface area contributed by atoms with E-state index in [4.69, 9.17) is 5.10 Å². The van der Waals surface area contributed by atoms with Crippen LogP contribution in [0.15, 0.2) is 82.4 Å². The maximum atomic E-state index is 12.9. The number of thioether (sulfide) groups is 1. The minimum Gasteiger partial charge on any atom is -0.277 e. The number of carbonyl (C=O) groups is 2. The average Bonchev–Trinajstić information content (AvgIpc) is 3.26. The van der Waals surface area contributed by atoms with Crippen LogP contribution in [0.5, 0.6) is 0 Å². The van der Waals surface area contributed by atoms with E-state index in [0.717, 1.165) is 27.5 Å². The van der Waals surface area contributed by atoms with Gasteiger partial charge in [-0.2, -0.15) is 10.4 Å². The quantitative estimate of drug-likeness (QED) is 0.312. The van der Waals surface area contributed by atoms with Gasteiger partial charge in [-0.1, -0.05) is 37.3 Å². The molecule has 0 spiro atoms. The highest BCUT2D eigenvalue weighted by atomic mass is 32.2. The SMILES string of the molecule is CCSc1ccc(-c2nn(-c3ccccc3)cc2/C=C2/C(=O)N(C)C(=O)C(C#N)=C2C)cc1. The molecule has 33 heavy (non-hydrogen) atoms. The van der Waals surface area contributed by atoms with Crippen molar-refractivity contribution in [2.45, 2.75) is 18.7 Å². The van der Waals surface area contributed by atoms with E-state index in [-0.39, 0.29) is 5.57 Å². The van der Waals surface area contributed by atoms with Crippen LogP contribution in [-0.2, 0) is 9.59 Å². The van der Waals surface area contributed by atoms with Crippen molar-refractivity contribution < 1.29 is 9.59 Å². The fourth-order valence-corrected chi connectivity index (χ4v) is 4.32. The van der Waals surface area contributed by atoms with Crippen LogP contribution in [0, 0.1) is 11.3 Å². The molecule has 2 heterocycles. The first kappa shape index (κ1) is 22.3. The molecule has 0 N–H and O–H groups in total. The maximum Gasteiger partial charge on any atom is 0.271 e. The Bertz CT molecular complexity index is 1330. The van der Waals surface area contributed by atoms with Crippen molar-refractivity contribution in [1.82, 2.24) is 14.7 Å². The Labute approximate surface area is 196 Å². The largest absolute Gasteiger partial charge is 0.277 e. The first-order chi connectivity index (χ1) is 15.9. The van der Waals surface area contributed by atoms with Gasteiger partial charge in [-0.3, -0.25) is 14.5 Å². The van der Waals surface area contributed by atoms with Gasteiger partial charge in [0.15, 0.2) is 0 Å². The van der Waals surface area contributed by atoms with Crippen LogP contribution in [0.25, 0.3) is 23.0 Å². The Morgan fingerprint density at radius 1 is 1.06 bits per heavy atom. The van der Waals surface area contributed by atoms with Gasteiger partial charge in [0.2, 0.25) is 0 Å². The summed E-state index contributed by atoms with van der Waals surface area (Å²) < 4.78 is 1.77. The summed E-state index contributed by atoms with van der Waals surface area (Å²) in [5, 5.41) is 14.3. The summed E-state index contributed by atoms with van der Waals surface area (Å²) >= 11 is 1.76. The second kappa shape index (κ2) is 9.31. The van der Waals surface area contributed by atoms with Gasteiger partial charge in [-0.25, -0.2) is 4.68 Å². The topological polar surface area (TPSA) is 79.0 Å². The number of nitriles is 1. The monoisotopic (exact) mass is 454 g/mol. The molecule has 0 aliphatic carbocycles. The molecule has 0 fully saturated rings. The number of benzene rings is 2. The van der Waals surface area contributed by atoms with Crippen LogP contribution < -0.4 is 0 Å². The molecule has 0 atom stereocenters. The molecule has 1 aliphatic rings. The number of rotatable bonds is 5. The zero-order valence-corrected chi connectivity index (χ0v) is 19.4. The number of imide groups is 1. The summed E-state index contributed by atoms with van der Waals surface area (Å²) in [4.78, 5) is 27.4. The number of para-hydroxylation sites is 1. The Balaban J connectivity index is 1.89. The average molecular weight is 455 g/mol. The van der Waals surface area contributed by atoms with Crippen molar-refractivity contribution in [2.24, 2.45) is 0 Å². The molecule has 6 nitrogen and oxygen atoms in total. The van der Waals surface area contributed by atoms with Crippen LogP contribution in [0.3, 0.4) is 0 Å². The molecule has 7 heteroatoms. The standard InChI is InChI=1S/C26H22N4O2S/c1-4-33-21-12-10-18(11-13-21)24-19(16-30(28-24)20-8-6-5-7-9-20)14-22-17(2)23(15-27)26(32)29(3)25(22)31/h5-14,16H,4H2,1-3H3/b22-14+. The first-order valence-electron chi connectivity index (χ1n) is 10.5. The molecular formula is C26H22N4O2S. The summed E-state index contributed by atoms with van der Waals surface area (Å²) in [6, 6.07) is 19.8. The maximum absolute atomic E-state index is 12.9. The van der Waals surface area contributed by atoms with Crippen molar-refractivity contribution in [2.75, 3.05) is 12.8 Å². The lowest BCUT2D eigenvalue weighted by Gasteiger charge is -2.23. The second-order valence-electron chi connectivity index (χ2n) is 7.51. The smallest absolute Gasteiger partial charge is 0.271 e. The van der Waals surface area contributed by atoms with Crippen LogP contribution >= 0.6 is 11.8 Å². The molecule has 1 aromatic heterocycles. The van der Waals surface area contributed by atoms with Gasteiger partial charge >= 0.3 is 0 Å². The molecule has 0 saturated carbocycles.